The molecular weight excluding hydrogens is 385 g/mol. The van der Waals surface area contributed by atoms with Crippen molar-refractivity contribution in [3.63, 3.8) is 0 Å². The van der Waals surface area contributed by atoms with E-state index < -0.39 is 23.8 Å². The number of hydrogen-bond donors (Lipinski definition) is 1. The lowest BCUT2D eigenvalue weighted by Crippen LogP contribution is -2.30. The number of nitrogens with one attached hydrogen (secondary N) is 1. The SMILES string of the molecule is CC1=NN(c2ccc(C(=O)OC(C)C(=O)Nc3ccc(F)cc3Cl)cc2)CC1. The molecule has 1 atom stereocenters. The molecule has 0 radical (unpaired) electrons. The van der Waals surface area contributed by atoms with Gasteiger partial charge in [-0.3, -0.25) is 9.80 Å². The summed E-state index contributed by atoms with van der Waals surface area (Å²) in [7, 11) is 0. The van der Waals surface area contributed by atoms with Crippen LogP contribution in [0.2, 0.25) is 5.02 Å². The highest BCUT2D eigenvalue weighted by atomic mass is 35.5. The van der Waals surface area contributed by atoms with Gasteiger partial charge in [0, 0.05) is 18.7 Å². The van der Waals surface area contributed by atoms with Crippen molar-refractivity contribution in [3.05, 3.63) is 58.9 Å². The van der Waals surface area contributed by atoms with E-state index in [0.29, 0.717) is 5.56 Å². The summed E-state index contributed by atoms with van der Waals surface area (Å²) >= 11 is 5.88. The van der Waals surface area contributed by atoms with Gasteiger partial charge in [-0.1, -0.05) is 11.6 Å². The zero-order chi connectivity index (χ0) is 20.3. The minimum atomic E-state index is -1.06. The van der Waals surface area contributed by atoms with Crippen molar-refractivity contribution in [1.82, 2.24) is 0 Å². The Morgan fingerprint density at radius 3 is 2.57 bits per heavy atom. The van der Waals surface area contributed by atoms with Gasteiger partial charge < -0.3 is 10.1 Å². The number of nitrogens with zero attached hydrogens (tertiary/aromatic N) is 2. The molecule has 1 aliphatic rings. The summed E-state index contributed by atoms with van der Waals surface area (Å²) in [6, 6.07) is 10.4. The average Bonchev–Trinajstić information content (AvgIpc) is 3.10. The number of ether oxygens (including phenoxy) is 1. The van der Waals surface area contributed by atoms with Gasteiger partial charge in [-0.2, -0.15) is 5.10 Å². The first-order chi connectivity index (χ1) is 13.3. The second-order valence-corrected chi connectivity index (χ2v) is 6.82. The number of benzene rings is 2. The maximum atomic E-state index is 13.1. The third-order valence-electron chi connectivity index (χ3n) is 4.22. The fraction of sp³-hybridized carbons (Fsp3) is 0.250. The highest BCUT2D eigenvalue weighted by Crippen LogP contribution is 2.23. The number of amides is 1. The van der Waals surface area contributed by atoms with E-state index in [1.54, 1.807) is 24.3 Å². The van der Waals surface area contributed by atoms with Crippen LogP contribution in [-0.4, -0.2) is 30.2 Å². The molecule has 1 heterocycles. The van der Waals surface area contributed by atoms with Crippen molar-refractivity contribution in [2.75, 3.05) is 16.9 Å². The largest absolute Gasteiger partial charge is 0.449 e. The molecule has 0 fully saturated rings. The first-order valence-corrected chi connectivity index (χ1v) is 9.10. The number of carbonyl (C=O) groups is 2. The van der Waals surface area contributed by atoms with Crippen LogP contribution >= 0.6 is 11.6 Å². The van der Waals surface area contributed by atoms with Crippen LogP contribution in [0.3, 0.4) is 0 Å². The summed E-state index contributed by atoms with van der Waals surface area (Å²) in [5.41, 5.74) is 2.50. The molecule has 0 saturated heterocycles. The van der Waals surface area contributed by atoms with Crippen molar-refractivity contribution in [3.8, 4) is 0 Å². The van der Waals surface area contributed by atoms with Gasteiger partial charge in [0.1, 0.15) is 5.82 Å². The summed E-state index contributed by atoms with van der Waals surface area (Å²) in [6.07, 6.45) is -0.145. The van der Waals surface area contributed by atoms with Gasteiger partial charge in [0.05, 0.1) is 22.0 Å². The third kappa shape index (κ3) is 4.67. The van der Waals surface area contributed by atoms with Crippen LogP contribution in [0.15, 0.2) is 47.6 Å². The standard InChI is InChI=1S/C20H19ClFN3O3/c1-12-9-10-25(24-12)16-6-3-14(4-7-16)20(27)28-13(2)19(26)23-18-8-5-15(22)11-17(18)21/h3-8,11,13H,9-10H2,1-2H3,(H,23,26). The molecular formula is C20H19ClFN3O3. The van der Waals surface area contributed by atoms with Crippen molar-refractivity contribution in [2.45, 2.75) is 26.4 Å². The van der Waals surface area contributed by atoms with Gasteiger partial charge in [0.2, 0.25) is 0 Å². The quantitative estimate of drug-likeness (QED) is 0.757. The van der Waals surface area contributed by atoms with Crippen LogP contribution < -0.4 is 10.3 Å². The predicted molar refractivity (Wildman–Crippen MR) is 106 cm³/mol. The molecule has 0 aliphatic carbocycles. The number of halogens is 2. The Labute approximate surface area is 166 Å². The minimum Gasteiger partial charge on any atom is -0.449 e. The number of carbonyl (C=O) groups excluding carboxylic acids is 2. The topological polar surface area (TPSA) is 71.0 Å². The number of esters is 1. The summed E-state index contributed by atoms with van der Waals surface area (Å²) < 4.78 is 18.3. The van der Waals surface area contributed by atoms with Gasteiger partial charge >= 0.3 is 5.97 Å². The van der Waals surface area contributed by atoms with Gasteiger partial charge in [0.15, 0.2) is 6.10 Å². The fourth-order valence-electron chi connectivity index (χ4n) is 2.64. The predicted octanol–water partition coefficient (Wildman–Crippen LogP) is 4.25. The maximum Gasteiger partial charge on any atom is 0.338 e. The lowest BCUT2D eigenvalue weighted by Gasteiger charge is -2.16. The van der Waals surface area contributed by atoms with E-state index in [4.69, 9.17) is 16.3 Å². The Bertz CT molecular complexity index is 931. The summed E-state index contributed by atoms with van der Waals surface area (Å²) in [6.45, 7) is 4.22. The van der Waals surface area contributed by atoms with E-state index in [9.17, 15) is 14.0 Å². The van der Waals surface area contributed by atoms with E-state index in [0.717, 1.165) is 30.4 Å². The summed E-state index contributed by atoms with van der Waals surface area (Å²) in [4.78, 5) is 24.5. The van der Waals surface area contributed by atoms with Crippen LogP contribution in [0.5, 0.6) is 0 Å². The van der Waals surface area contributed by atoms with E-state index in [2.05, 4.69) is 10.4 Å². The second-order valence-electron chi connectivity index (χ2n) is 6.42. The maximum absolute atomic E-state index is 13.1. The van der Waals surface area contributed by atoms with Crippen molar-refractivity contribution in [2.24, 2.45) is 5.10 Å². The molecule has 1 aliphatic heterocycles. The van der Waals surface area contributed by atoms with Crippen molar-refractivity contribution < 1.29 is 18.7 Å². The molecule has 146 valence electrons. The molecule has 1 amide bonds. The smallest absolute Gasteiger partial charge is 0.338 e. The molecule has 6 nitrogen and oxygen atoms in total. The lowest BCUT2D eigenvalue weighted by molar-refractivity contribution is -0.123. The highest BCUT2D eigenvalue weighted by molar-refractivity contribution is 6.33. The van der Waals surface area contributed by atoms with Gasteiger partial charge in [-0.05, 0) is 56.3 Å². The molecule has 1 N–H and O–H groups in total. The molecule has 0 saturated carbocycles. The van der Waals surface area contributed by atoms with Crippen LogP contribution in [0.4, 0.5) is 15.8 Å². The molecule has 28 heavy (non-hydrogen) atoms. The van der Waals surface area contributed by atoms with Gasteiger partial charge in [-0.15, -0.1) is 0 Å². The van der Waals surface area contributed by atoms with Crippen molar-refractivity contribution in [1.29, 1.82) is 0 Å². The average molecular weight is 404 g/mol. The zero-order valence-electron chi connectivity index (χ0n) is 15.4. The first-order valence-electron chi connectivity index (χ1n) is 8.72. The number of hydrogen-bond acceptors (Lipinski definition) is 5. The van der Waals surface area contributed by atoms with Crippen LogP contribution in [-0.2, 0) is 9.53 Å². The molecule has 2 aromatic carbocycles. The molecule has 0 spiro atoms. The minimum absolute atomic E-state index is 0.0577. The van der Waals surface area contributed by atoms with E-state index in [1.165, 1.54) is 19.1 Å². The van der Waals surface area contributed by atoms with Crippen LogP contribution in [0.25, 0.3) is 0 Å². The summed E-state index contributed by atoms with van der Waals surface area (Å²) in [5, 5.41) is 8.84. The molecule has 0 aromatic heterocycles. The number of rotatable bonds is 5. The molecule has 2 aromatic rings. The number of anilines is 2. The van der Waals surface area contributed by atoms with Crippen LogP contribution in [0, 0.1) is 5.82 Å². The van der Waals surface area contributed by atoms with Crippen molar-refractivity contribution >= 4 is 40.6 Å². The Morgan fingerprint density at radius 1 is 1.25 bits per heavy atom. The first kappa shape index (κ1) is 19.8. The summed E-state index contributed by atoms with van der Waals surface area (Å²) in [5.74, 6) is -1.71. The fourth-order valence-corrected chi connectivity index (χ4v) is 2.85. The lowest BCUT2D eigenvalue weighted by atomic mass is 10.2. The monoisotopic (exact) mass is 403 g/mol. The van der Waals surface area contributed by atoms with E-state index in [-0.39, 0.29) is 10.7 Å². The second kappa shape index (κ2) is 8.39. The van der Waals surface area contributed by atoms with Gasteiger partial charge in [0.25, 0.3) is 5.91 Å². The van der Waals surface area contributed by atoms with E-state index >= 15 is 0 Å². The van der Waals surface area contributed by atoms with Gasteiger partial charge in [-0.25, -0.2) is 9.18 Å². The Hall–Kier alpha value is -2.93. The van der Waals surface area contributed by atoms with Crippen LogP contribution in [0.1, 0.15) is 30.6 Å². The Kier molecular flexibility index (Phi) is 5.94. The normalized spacial score (nSPS) is 14.4. The Morgan fingerprint density at radius 2 is 1.96 bits per heavy atom. The Balaban J connectivity index is 1.59. The molecule has 1 unspecified atom stereocenters. The molecule has 0 bridgehead atoms. The molecule has 3 rings (SSSR count). The third-order valence-corrected chi connectivity index (χ3v) is 4.53. The van der Waals surface area contributed by atoms with E-state index in [1.807, 2.05) is 11.9 Å². The molecule has 8 heteroatoms. The highest BCUT2D eigenvalue weighted by Gasteiger charge is 2.20. The zero-order valence-corrected chi connectivity index (χ0v) is 16.2. The number of hydrazone groups is 1.